The van der Waals surface area contributed by atoms with Crippen LogP contribution in [0.4, 0.5) is 0 Å². The molecule has 6 heteroatoms. The molecule has 1 aliphatic heterocycles. The number of fused-ring (bicyclic) bond motifs is 1. The Kier molecular flexibility index (Phi) is 2.87. The van der Waals surface area contributed by atoms with Crippen LogP contribution in [0.5, 0.6) is 5.75 Å². The molecule has 3 N–H and O–H groups in total. The Morgan fingerprint density at radius 3 is 2.95 bits per heavy atom. The van der Waals surface area contributed by atoms with E-state index in [1.807, 2.05) is 0 Å². The zero-order valence-electron chi connectivity index (χ0n) is 10.3. The molecule has 0 saturated carbocycles. The van der Waals surface area contributed by atoms with E-state index in [1.165, 1.54) is 10.6 Å². The number of phenolic OH excluding ortho intramolecular Hbond substituents is 1. The van der Waals surface area contributed by atoms with Gasteiger partial charge in [0.1, 0.15) is 11.1 Å². The van der Waals surface area contributed by atoms with Crippen molar-refractivity contribution in [2.75, 3.05) is 13.1 Å². The van der Waals surface area contributed by atoms with Gasteiger partial charge in [-0.05, 0) is 37.6 Å². The minimum atomic E-state index is -0.427. The lowest BCUT2D eigenvalue weighted by Crippen LogP contribution is -2.37. The Labute approximate surface area is 108 Å². The molecule has 2 heterocycles. The van der Waals surface area contributed by atoms with Crippen molar-refractivity contribution < 1.29 is 5.11 Å². The number of nitrogens with one attached hydrogen (secondary N) is 2. The number of aromatic hydroxyl groups is 1. The largest absolute Gasteiger partial charge is 0.507 e. The van der Waals surface area contributed by atoms with Crippen LogP contribution in [-0.4, -0.2) is 27.7 Å². The maximum Gasteiger partial charge on any atom is 0.328 e. The molecule has 6 nitrogen and oxygen atoms in total. The highest BCUT2D eigenvalue weighted by Crippen LogP contribution is 2.18. The minimum Gasteiger partial charge on any atom is -0.507 e. The van der Waals surface area contributed by atoms with Crippen LogP contribution < -0.4 is 16.6 Å². The molecule has 3 rings (SSSR count). The minimum absolute atomic E-state index is 0.1000. The van der Waals surface area contributed by atoms with E-state index < -0.39 is 11.2 Å². The van der Waals surface area contributed by atoms with E-state index in [2.05, 4.69) is 10.3 Å². The van der Waals surface area contributed by atoms with Gasteiger partial charge in [-0.15, -0.1) is 0 Å². The quantitative estimate of drug-likeness (QED) is 0.710. The molecule has 1 aromatic heterocycles. The standard InChI is InChI=1S/C13H15N3O3/c17-10-3-1-2-9-11(10)12(18)16(13(19)15-9)7-8-4-5-14-6-8/h1-3,8,14,17H,4-7H2,(H,15,19). The summed E-state index contributed by atoms with van der Waals surface area (Å²) >= 11 is 0. The van der Waals surface area contributed by atoms with Gasteiger partial charge in [-0.1, -0.05) is 6.07 Å². The van der Waals surface area contributed by atoms with E-state index in [9.17, 15) is 14.7 Å². The first-order valence-corrected chi connectivity index (χ1v) is 6.32. The summed E-state index contributed by atoms with van der Waals surface area (Å²) < 4.78 is 1.18. The molecule has 1 aliphatic rings. The van der Waals surface area contributed by atoms with Crippen molar-refractivity contribution in [3.63, 3.8) is 0 Å². The normalized spacial score (nSPS) is 19.1. The van der Waals surface area contributed by atoms with Crippen LogP contribution in [0, 0.1) is 5.92 Å². The number of hydrogen-bond donors (Lipinski definition) is 3. The number of hydrogen-bond acceptors (Lipinski definition) is 4. The predicted octanol–water partition coefficient (Wildman–Crippen LogP) is 0.00490. The maximum atomic E-state index is 12.3. The predicted molar refractivity (Wildman–Crippen MR) is 71.5 cm³/mol. The smallest absolute Gasteiger partial charge is 0.328 e. The summed E-state index contributed by atoms with van der Waals surface area (Å²) in [4.78, 5) is 26.9. The second-order valence-corrected chi connectivity index (χ2v) is 4.90. The summed E-state index contributed by atoms with van der Waals surface area (Å²) in [6, 6.07) is 4.65. The number of rotatable bonds is 2. The van der Waals surface area contributed by atoms with Gasteiger partial charge < -0.3 is 15.4 Å². The number of aromatic amines is 1. The van der Waals surface area contributed by atoms with E-state index in [0.717, 1.165) is 19.5 Å². The van der Waals surface area contributed by atoms with Crippen molar-refractivity contribution in [1.82, 2.24) is 14.9 Å². The van der Waals surface area contributed by atoms with Gasteiger partial charge in [0.25, 0.3) is 5.56 Å². The fourth-order valence-corrected chi connectivity index (χ4v) is 2.57. The highest BCUT2D eigenvalue weighted by Gasteiger charge is 2.18. The lowest BCUT2D eigenvalue weighted by Gasteiger charge is -2.11. The summed E-state index contributed by atoms with van der Waals surface area (Å²) in [5, 5.41) is 13.2. The Morgan fingerprint density at radius 1 is 1.37 bits per heavy atom. The van der Waals surface area contributed by atoms with Gasteiger partial charge in [-0.3, -0.25) is 9.36 Å². The Hall–Kier alpha value is -2.08. The molecule has 0 radical (unpaired) electrons. The van der Waals surface area contributed by atoms with Crippen LogP contribution in [0.2, 0.25) is 0 Å². The van der Waals surface area contributed by atoms with E-state index in [-0.39, 0.29) is 17.1 Å². The first kappa shape index (κ1) is 12.0. The third kappa shape index (κ3) is 2.04. The van der Waals surface area contributed by atoms with Gasteiger partial charge in [-0.25, -0.2) is 4.79 Å². The van der Waals surface area contributed by atoms with Crippen LogP contribution in [-0.2, 0) is 6.54 Å². The number of nitrogens with zero attached hydrogens (tertiary/aromatic N) is 1. The number of H-pyrrole nitrogens is 1. The van der Waals surface area contributed by atoms with Crippen molar-refractivity contribution >= 4 is 10.9 Å². The molecule has 0 aliphatic carbocycles. The third-order valence-electron chi connectivity index (χ3n) is 3.59. The van der Waals surface area contributed by atoms with Crippen LogP contribution in [0.25, 0.3) is 10.9 Å². The molecular weight excluding hydrogens is 246 g/mol. The fourth-order valence-electron chi connectivity index (χ4n) is 2.57. The molecule has 1 unspecified atom stereocenters. The number of phenols is 1. The molecule has 100 valence electrons. The van der Waals surface area contributed by atoms with Gasteiger partial charge >= 0.3 is 5.69 Å². The summed E-state index contributed by atoms with van der Waals surface area (Å²) in [5.74, 6) is 0.180. The molecule has 19 heavy (non-hydrogen) atoms. The van der Waals surface area contributed by atoms with Gasteiger partial charge in [0, 0.05) is 6.54 Å². The molecule has 0 bridgehead atoms. The van der Waals surface area contributed by atoms with Gasteiger partial charge in [-0.2, -0.15) is 0 Å². The van der Waals surface area contributed by atoms with Crippen molar-refractivity contribution in [2.45, 2.75) is 13.0 Å². The summed E-state index contributed by atoms with van der Waals surface area (Å²) in [6.07, 6.45) is 0.949. The molecule has 1 saturated heterocycles. The highest BCUT2D eigenvalue weighted by molar-refractivity contribution is 5.83. The average molecular weight is 261 g/mol. The van der Waals surface area contributed by atoms with Gasteiger partial charge in [0.15, 0.2) is 0 Å². The second kappa shape index (κ2) is 4.55. The monoisotopic (exact) mass is 261 g/mol. The third-order valence-corrected chi connectivity index (χ3v) is 3.59. The molecule has 2 aromatic rings. The van der Waals surface area contributed by atoms with Crippen molar-refractivity contribution in [3.05, 3.63) is 39.0 Å². The lowest BCUT2D eigenvalue weighted by molar-refractivity contribution is 0.456. The SMILES string of the molecule is O=c1[nH]c2cccc(O)c2c(=O)n1CC1CCNC1. The van der Waals surface area contributed by atoms with Crippen LogP contribution in [0.1, 0.15) is 6.42 Å². The summed E-state index contributed by atoms with van der Waals surface area (Å²) in [6.45, 7) is 2.10. The second-order valence-electron chi connectivity index (χ2n) is 4.90. The zero-order valence-corrected chi connectivity index (χ0v) is 10.3. The van der Waals surface area contributed by atoms with E-state index >= 15 is 0 Å². The molecular formula is C13H15N3O3. The molecule has 1 fully saturated rings. The molecule has 1 aromatic carbocycles. The van der Waals surface area contributed by atoms with E-state index in [0.29, 0.717) is 12.1 Å². The van der Waals surface area contributed by atoms with Gasteiger partial charge in [0.05, 0.1) is 5.52 Å². The van der Waals surface area contributed by atoms with Crippen LogP contribution in [0.15, 0.2) is 27.8 Å². The fraction of sp³-hybridized carbons (Fsp3) is 0.385. The Balaban J connectivity index is 2.16. The zero-order chi connectivity index (χ0) is 13.4. The maximum absolute atomic E-state index is 12.3. The van der Waals surface area contributed by atoms with Crippen molar-refractivity contribution in [3.8, 4) is 5.75 Å². The average Bonchev–Trinajstić information content (AvgIpc) is 2.87. The first-order valence-electron chi connectivity index (χ1n) is 6.32. The van der Waals surface area contributed by atoms with Gasteiger partial charge in [0.2, 0.25) is 0 Å². The highest BCUT2D eigenvalue weighted by atomic mass is 16.3. The lowest BCUT2D eigenvalue weighted by atomic mass is 10.1. The summed E-state index contributed by atoms with van der Waals surface area (Å²) in [7, 11) is 0. The molecule has 0 amide bonds. The van der Waals surface area contributed by atoms with E-state index in [4.69, 9.17) is 0 Å². The van der Waals surface area contributed by atoms with Crippen LogP contribution in [0.3, 0.4) is 0 Å². The Bertz CT molecular complexity index is 726. The van der Waals surface area contributed by atoms with E-state index in [1.54, 1.807) is 12.1 Å². The Morgan fingerprint density at radius 2 is 2.21 bits per heavy atom. The molecule has 1 atom stereocenters. The number of benzene rings is 1. The topological polar surface area (TPSA) is 87.1 Å². The molecule has 0 spiro atoms. The van der Waals surface area contributed by atoms with Crippen molar-refractivity contribution in [2.24, 2.45) is 5.92 Å². The summed E-state index contributed by atoms with van der Waals surface area (Å²) in [5.41, 5.74) is -0.477. The van der Waals surface area contributed by atoms with Crippen molar-refractivity contribution in [1.29, 1.82) is 0 Å². The van der Waals surface area contributed by atoms with Crippen LogP contribution >= 0.6 is 0 Å². The number of aromatic nitrogens is 2. The first-order chi connectivity index (χ1) is 9.16.